The van der Waals surface area contributed by atoms with Crippen LogP contribution in [-0.2, 0) is 22.9 Å². The van der Waals surface area contributed by atoms with E-state index < -0.39 is 25.7 Å². The largest absolute Gasteiger partial charge is 0.764 e. The fraction of sp³-hybridized carbons (Fsp3) is 0.182. The maximum Gasteiger partial charge on any atom is 0.316 e. The lowest BCUT2D eigenvalue weighted by Gasteiger charge is -2.42. The van der Waals surface area contributed by atoms with Gasteiger partial charge in [-0.05, 0) is 34.9 Å². The van der Waals surface area contributed by atoms with Crippen LogP contribution in [0.4, 0.5) is 5.69 Å². The lowest BCUT2D eigenvalue weighted by Crippen LogP contribution is -2.19. The molecule has 0 aliphatic carbocycles. The minimum Gasteiger partial charge on any atom is -0.764 e. The van der Waals surface area contributed by atoms with Crippen LogP contribution in [0.15, 0.2) is 82.6 Å². The minimum absolute atomic E-state index is 0.112. The second-order valence-corrected chi connectivity index (χ2v) is 11.7. The average molecular weight is 475 g/mol. The van der Waals surface area contributed by atoms with E-state index in [0.29, 0.717) is 17.7 Å². The van der Waals surface area contributed by atoms with Crippen LogP contribution in [0.1, 0.15) is 21.9 Å². The Bertz CT molecular complexity index is 1250. The van der Waals surface area contributed by atoms with Crippen LogP contribution in [0, 0.1) is 4.91 Å². The van der Waals surface area contributed by atoms with Gasteiger partial charge in [-0.25, -0.2) is 13.6 Å². The van der Waals surface area contributed by atoms with Gasteiger partial charge in [0.15, 0.2) is 9.84 Å². The van der Waals surface area contributed by atoms with Crippen molar-refractivity contribution in [3.05, 3.63) is 94.4 Å². The molecule has 32 heavy (non-hydrogen) atoms. The van der Waals surface area contributed by atoms with Crippen LogP contribution in [0.3, 0.4) is 0 Å². The summed E-state index contributed by atoms with van der Waals surface area (Å²) in [6.45, 7) is 0.702. The quantitative estimate of drug-likeness (QED) is 0.440. The molecule has 4 rings (SSSR count). The Labute approximate surface area is 187 Å². The van der Waals surface area contributed by atoms with E-state index in [9.17, 15) is 22.4 Å². The highest BCUT2D eigenvalue weighted by atomic mass is 32.3. The molecule has 2 unspecified atom stereocenters. The third-order valence-corrected chi connectivity index (χ3v) is 9.57. The lowest BCUT2D eigenvalue weighted by molar-refractivity contribution is -0.729. The number of fused-ring (bicyclic) bond motifs is 1. The molecule has 3 aromatic rings. The molecule has 0 saturated heterocycles. The number of rotatable bonds is 7. The van der Waals surface area contributed by atoms with Crippen molar-refractivity contribution < 1.29 is 27.7 Å². The molecule has 0 amide bonds. The maximum atomic E-state index is 13.3. The third kappa shape index (κ3) is 4.27. The van der Waals surface area contributed by atoms with Crippen LogP contribution >= 0.6 is 10.6 Å². The molecule has 10 heteroatoms. The number of benzene rings is 3. The molecular weight excluding hydrogens is 452 g/mol. The molecule has 0 bridgehead atoms. The van der Waals surface area contributed by atoms with E-state index in [1.54, 1.807) is 42.5 Å². The molecule has 0 radical (unpaired) electrons. The van der Waals surface area contributed by atoms with E-state index in [-0.39, 0.29) is 32.7 Å². The lowest BCUT2D eigenvalue weighted by atomic mass is 10.0. The first-order chi connectivity index (χ1) is 15.2. The van der Waals surface area contributed by atoms with Gasteiger partial charge >= 0.3 is 5.69 Å². The zero-order valence-corrected chi connectivity index (χ0v) is 18.6. The van der Waals surface area contributed by atoms with Crippen molar-refractivity contribution in [2.24, 2.45) is 0 Å². The minimum atomic E-state index is -3.86. The first kappa shape index (κ1) is 22.4. The monoisotopic (exact) mass is 474 g/mol. The highest BCUT2D eigenvalue weighted by molar-refractivity contribution is 8.25. The SMILES string of the molecule is O=[N+](O)c1ccc(CNCc2cccc3c2C(S(=O)(=O)c2ccccc2)CS3([O-])O)cc1. The summed E-state index contributed by atoms with van der Waals surface area (Å²) in [6.07, 6.45) is 0. The Kier molecular flexibility index (Phi) is 6.06. The van der Waals surface area contributed by atoms with E-state index in [2.05, 4.69) is 5.32 Å². The van der Waals surface area contributed by atoms with E-state index in [4.69, 9.17) is 5.21 Å². The summed E-state index contributed by atoms with van der Waals surface area (Å²) in [5.41, 5.74) is 1.99. The molecule has 168 valence electrons. The highest BCUT2D eigenvalue weighted by Gasteiger charge is 2.40. The fourth-order valence-corrected chi connectivity index (χ4v) is 8.33. The van der Waals surface area contributed by atoms with Crippen LogP contribution in [0.25, 0.3) is 0 Å². The van der Waals surface area contributed by atoms with Gasteiger partial charge in [0.05, 0.1) is 9.80 Å². The summed E-state index contributed by atoms with van der Waals surface area (Å²) in [4.78, 5) is 11.0. The first-order valence-electron chi connectivity index (χ1n) is 9.81. The average Bonchev–Trinajstić information content (AvgIpc) is 3.07. The van der Waals surface area contributed by atoms with Gasteiger partial charge in [0.25, 0.3) is 4.92 Å². The summed E-state index contributed by atoms with van der Waals surface area (Å²) >= 11 is 0. The molecule has 1 aliphatic heterocycles. The van der Waals surface area contributed by atoms with E-state index >= 15 is 0 Å². The van der Waals surface area contributed by atoms with E-state index in [1.165, 1.54) is 30.3 Å². The fourth-order valence-electron chi connectivity index (χ4n) is 3.87. The Morgan fingerprint density at radius 3 is 2.34 bits per heavy atom. The maximum absolute atomic E-state index is 13.3. The number of hydrogen-bond donors (Lipinski definition) is 3. The van der Waals surface area contributed by atoms with Gasteiger partial charge in [0.2, 0.25) is 0 Å². The van der Waals surface area contributed by atoms with Crippen molar-refractivity contribution in [3.8, 4) is 0 Å². The van der Waals surface area contributed by atoms with Gasteiger partial charge < -0.3 is 25.0 Å². The summed E-state index contributed by atoms with van der Waals surface area (Å²) in [5.74, 6) is -0.370. The van der Waals surface area contributed by atoms with Crippen molar-refractivity contribution >= 4 is 26.1 Å². The smallest absolute Gasteiger partial charge is 0.316 e. The van der Waals surface area contributed by atoms with Crippen LogP contribution in [0.5, 0.6) is 0 Å². The van der Waals surface area contributed by atoms with Crippen LogP contribution < -0.4 is 5.32 Å². The van der Waals surface area contributed by atoms with Gasteiger partial charge in [-0.1, -0.05) is 42.5 Å². The van der Waals surface area contributed by atoms with Crippen LogP contribution in [-0.4, -0.2) is 33.4 Å². The molecule has 0 spiro atoms. The Morgan fingerprint density at radius 1 is 1.00 bits per heavy atom. The normalized spacial score (nSPS) is 22.1. The van der Waals surface area contributed by atoms with Crippen molar-refractivity contribution in [3.63, 3.8) is 0 Å². The molecule has 3 aromatic carbocycles. The highest BCUT2D eigenvalue weighted by Crippen LogP contribution is 2.61. The van der Waals surface area contributed by atoms with Gasteiger partial charge in [-0.2, -0.15) is 0 Å². The summed E-state index contributed by atoms with van der Waals surface area (Å²) in [5, 5.41) is 11.0. The van der Waals surface area contributed by atoms with Crippen molar-refractivity contribution in [2.75, 3.05) is 5.75 Å². The van der Waals surface area contributed by atoms with Crippen molar-refractivity contribution in [2.45, 2.75) is 28.1 Å². The predicted octanol–water partition coefficient (Wildman–Crippen LogP) is 4.07. The predicted molar refractivity (Wildman–Crippen MR) is 119 cm³/mol. The molecule has 2 atom stereocenters. The number of nitrogens with one attached hydrogen (secondary N) is 1. The second kappa shape index (κ2) is 8.64. The summed E-state index contributed by atoms with van der Waals surface area (Å²) in [7, 11) is -7.33. The Hall–Kier alpha value is -2.76. The summed E-state index contributed by atoms with van der Waals surface area (Å²) in [6, 6.07) is 19.2. The van der Waals surface area contributed by atoms with Crippen molar-refractivity contribution in [1.82, 2.24) is 5.32 Å². The Morgan fingerprint density at radius 2 is 1.69 bits per heavy atom. The van der Waals surface area contributed by atoms with Gasteiger partial charge in [0.1, 0.15) is 5.25 Å². The number of sulfone groups is 1. The first-order valence-corrected chi connectivity index (χ1v) is 13.0. The zero-order valence-electron chi connectivity index (χ0n) is 16.9. The van der Waals surface area contributed by atoms with Gasteiger partial charge in [-0.15, -0.1) is 0 Å². The second-order valence-electron chi connectivity index (χ2n) is 7.53. The molecule has 0 saturated carbocycles. The summed E-state index contributed by atoms with van der Waals surface area (Å²) < 4.78 is 50.0. The third-order valence-electron chi connectivity index (χ3n) is 5.45. The number of nitrogens with zero attached hydrogens (tertiary/aromatic N) is 1. The van der Waals surface area contributed by atoms with E-state index in [1.807, 2.05) is 0 Å². The van der Waals surface area contributed by atoms with Gasteiger partial charge in [0, 0.05) is 35.9 Å². The molecule has 0 aromatic heterocycles. The van der Waals surface area contributed by atoms with Crippen LogP contribution in [0.2, 0.25) is 0 Å². The molecule has 1 heterocycles. The zero-order chi connectivity index (χ0) is 22.9. The molecule has 8 nitrogen and oxygen atoms in total. The topological polar surface area (TPSA) is 130 Å². The molecule has 0 fully saturated rings. The number of hydrogen-bond acceptors (Lipinski definition) is 6. The molecular formula is C22H22N2O6S2. The Balaban J connectivity index is 1.60. The molecule has 1 aliphatic rings. The van der Waals surface area contributed by atoms with Gasteiger partial charge in [-0.3, -0.25) is 0 Å². The van der Waals surface area contributed by atoms with Crippen molar-refractivity contribution in [1.29, 1.82) is 0 Å². The molecule has 3 N–H and O–H groups in total. The van der Waals surface area contributed by atoms with E-state index in [0.717, 1.165) is 5.56 Å². The standard InChI is InChI=1S/C22H22N2O6S2/c25-24(26)18-11-9-16(10-12-18)13-23-14-17-5-4-8-20-22(17)21(15-31(20,27)28)32(29,30)19-6-2-1-3-7-19/h1-12,21,23H,13-15H2,(H2-,25,26,27,28).